The number of carbonyl (C=O) groups is 2. The van der Waals surface area contributed by atoms with Crippen molar-refractivity contribution in [2.45, 2.75) is 13.0 Å². The summed E-state index contributed by atoms with van der Waals surface area (Å²) in [4.78, 5) is 20.7. The minimum absolute atomic E-state index is 0.0995. The van der Waals surface area contributed by atoms with Crippen molar-refractivity contribution in [3.8, 4) is 0 Å². The molecule has 64 valence electrons. The Kier molecular flexibility index (Phi) is 3.49. The van der Waals surface area contributed by atoms with Crippen molar-refractivity contribution in [1.82, 2.24) is 5.06 Å². The number of rotatable bonds is 3. The van der Waals surface area contributed by atoms with E-state index >= 15 is 0 Å². The molecule has 11 heavy (non-hydrogen) atoms. The van der Waals surface area contributed by atoms with Gasteiger partial charge in [-0.2, -0.15) is 0 Å². The number of nitrogens with two attached hydrogens (primary N) is 1. The highest BCUT2D eigenvalue weighted by atomic mass is 16.5. The molecule has 6 heteroatoms. The van der Waals surface area contributed by atoms with Gasteiger partial charge in [0.1, 0.15) is 0 Å². The first kappa shape index (κ1) is 9.86. The summed E-state index contributed by atoms with van der Waals surface area (Å²) in [6, 6.07) is -1.26. The monoisotopic (exact) mass is 162 g/mol. The van der Waals surface area contributed by atoms with Gasteiger partial charge < -0.3 is 10.8 Å². The fourth-order valence-corrected chi connectivity index (χ4v) is 0.414. The molecule has 0 bridgehead atoms. The largest absolute Gasteiger partial charge is 0.480 e. The minimum Gasteiger partial charge on any atom is -0.480 e. The molecule has 0 aromatic carbocycles. The Balaban J connectivity index is 4.12. The van der Waals surface area contributed by atoms with E-state index in [1.165, 1.54) is 6.92 Å². The first-order valence-electron chi connectivity index (χ1n) is 2.94. The normalized spacial score (nSPS) is 12.3. The van der Waals surface area contributed by atoms with E-state index in [1.807, 2.05) is 0 Å². The molecule has 4 N–H and O–H groups in total. The lowest BCUT2D eigenvalue weighted by atomic mass is 10.3. The van der Waals surface area contributed by atoms with Crippen molar-refractivity contribution in [3.63, 3.8) is 0 Å². The summed E-state index contributed by atoms with van der Waals surface area (Å²) in [5, 5.41) is 17.2. The quantitative estimate of drug-likeness (QED) is 0.351. The van der Waals surface area contributed by atoms with Crippen LogP contribution in [0.25, 0.3) is 0 Å². The van der Waals surface area contributed by atoms with Crippen LogP contribution in [0.5, 0.6) is 0 Å². The fourth-order valence-electron chi connectivity index (χ4n) is 0.414. The van der Waals surface area contributed by atoms with Crippen LogP contribution in [0.1, 0.15) is 6.92 Å². The number of carboxylic acid groups (broad SMARTS) is 1. The molecule has 1 unspecified atom stereocenters. The lowest BCUT2D eigenvalue weighted by molar-refractivity contribution is -0.182. The average molecular weight is 162 g/mol. The van der Waals surface area contributed by atoms with E-state index in [0.717, 1.165) is 0 Å². The van der Waals surface area contributed by atoms with E-state index in [0.29, 0.717) is 0 Å². The van der Waals surface area contributed by atoms with Gasteiger partial charge in [-0.15, -0.1) is 0 Å². The Bertz CT molecular complexity index is 170. The Hall–Kier alpha value is -1.14. The number of carboxylic acids is 1. The molecule has 0 aliphatic rings. The predicted molar refractivity (Wildman–Crippen MR) is 34.8 cm³/mol. The number of carbonyl (C=O) groups excluding carboxylic acids is 1. The highest BCUT2D eigenvalue weighted by Gasteiger charge is 2.22. The smallest absolute Gasteiger partial charge is 0.328 e. The van der Waals surface area contributed by atoms with E-state index in [1.54, 1.807) is 0 Å². The zero-order valence-electron chi connectivity index (χ0n) is 6.02. The number of hydroxylamine groups is 2. The summed E-state index contributed by atoms with van der Waals surface area (Å²) in [7, 11) is 0. The third-order valence-electron chi connectivity index (χ3n) is 1.15. The minimum atomic E-state index is -1.28. The van der Waals surface area contributed by atoms with Gasteiger partial charge in [0.2, 0.25) is 0 Å². The van der Waals surface area contributed by atoms with Crippen molar-refractivity contribution >= 4 is 11.9 Å². The third kappa shape index (κ3) is 2.52. The molecule has 0 saturated heterocycles. The highest BCUT2D eigenvalue weighted by Crippen LogP contribution is 1.94. The molecule has 0 aromatic rings. The van der Waals surface area contributed by atoms with Gasteiger partial charge in [0.25, 0.3) is 5.91 Å². The summed E-state index contributed by atoms with van der Waals surface area (Å²) < 4.78 is 0. The van der Waals surface area contributed by atoms with Crippen molar-refractivity contribution in [1.29, 1.82) is 0 Å². The van der Waals surface area contributed by atoms with Gasteiger partial charge in [0.05, 0.1) is 6.54 Å². The van der Waals surface area contributed by atoms with Crippen molar-refractivity contribution in [2.75, 3.05) is 6.54 Å². The number of aliphatic carboxylic acids is 1. The first-order valence-corrected chi connectivity index (χ1v) is 2.94. The maximum Gasteiger partial charge on any atom is 0.328 e. The van der Waals surface area contributed by atoms with Crippen LogP contribution in [-0.4, -0.2) is 39.8 Å². The SMILES string of the molecule is CC(C(=O)O)N(O)C(=O)CN. The summed E-state index contributed by atoms with van der Waals surface area (Å²) >= 11 is 0. The summed E-state index contributed by atoms with van der Waals surface area (Å²) in [6.07, 6.45) is 0. The molecule has 0 aliphatic carbocycles. The number of amides is 1. The van der Waals surface area contributed by atoms with Gasteiger partial charge in [-0.3, -0.25) is 10.0 Å². The standard InChI is InChI=1S/C5H10N2O4/c1-3(5(9)10)7(11)4(8)2-6/h3,11H,2,6H2,1H3,(H,9,10). The van der Waals surface area contributed by atoms with Crippen molar-refractivity contribution in [3.05, 3.63) is 0 Å². The average Bonchev–Trinajstić information content (AvgIpc) is 2.00. The predicted octanol–water partition coefficient (Wildman–Crippen LogP) is -1.36. The molecule has 0 fully saturated rings. The zero-order chi connectivity index (χ0) is 9.02. The van der Waals surface area contributed by atoms with Crippen LogP contribution in [0.4, 0.5) is 0 Å². The number of hydrogen-bond acceptors (Lipinski definition) is 4. The van der Waals surface area contributed by atoms with Gasteiger partial charge in [-0.1, -0.05) is 0 Å². The lowest BCUT2D eigenvalue weighted by Gasteiger charge is -2.17. The van der Waals surface area contributed by atoms with Crippen LogP contribution < -0.4 is 5.73 Å². The second kappa shape index (κ2) is 3.89. The summed E-state index contributed by atoms with van der Waals surface area (Å²) in [5.74, 6) is -2.10. The van der Waals surface area contributed by atoms with Crippen LogP contribution >= 0.6 is 0 Å². The second-order valence-corrected chi connectivity index (χ2v) is 1.96. The van der Waals surface area contributed by atoms with Crippen LogP contribution in [0.3, 0.4) is 0 Å². The molecule has 1 atom stereocenters. The summed E-state index contributed by atoms with van der Waals surface area (Å²) in [6.45, 7) is 0.768. The molecule has 1 amide bonds. The Labute approximate surface area is 63.2 Å². The van der Waals surface area contributed by atoms with E-state index in [2.05, 4.69) is 0 Å². The van der Waals surface area contributed by atoms with Gasteiger partial charge in [-0.25, -0.2) is 9.86 Å². The van der Waals surface area contributed by atoms with Gasteiger partial charge in [-0.05, 0) is 6.92 Å². The number of nitrogens with zero attached hydrogens (tertiary/aromatic N) is 1. The van der Waals surface area contributed by atoms with Crippen LogP contribution in [-0.2, 0) is 9.59 Å². The third-order valence-corrected chi connectivity index (χ3v) is 1.15. The van der Waals surface area contributed by atoms with E-state index in [9.17, 15) is 9.59 Å². The highest BCUT2D eigenvalue weighted by molar-refractivity contribution is 5.83. The maximum absolute atomic E-state index is 10.5. The van der Waals surface area contributed by atoms with Crippen molar-refractivity contribution < 1.29 is 19.9 Å². The second-order valence-electron chi connectivity index (χ2n) is 1.96. The van der Waals surface area contributed by atoms with E-state index in [4.69, 9.17) is 16.0 Å². The Morgan fingerprint density at radius 1 is 1.64 bits per heavy atom. The molecule has 0 spiro atoms. The molecule has 0 aromatic heterocycles. The van der Waals surface area contributed by atoms with E-state index < -0.39 is 24.5 Å². The topological polar surface area (TPSA) is 104 Å². The molecular weight excluding hydrogens is 152 g/mol. The lowest BCUT2D eigenvalue weighted by Crippen LogP contribution is -2.43. The maximum atomic E-state index is 10.5. The molecule has 0 heterocycles. The molecule has 0 saturated carbocycles. The van der Waals surface area contributed by atoms with Crippen LogP contribution in [0.15, 0.2) is 0 Å². The van der Waals surface area contributed by atoms with Gasteiger partial charge >= 0.3 is 5.97 Å². The van der Waals surface area contributed by atoms with Gasteiger partial charge in [0, 0.05) is 0 Å². The zero-order valence-corrected chi connectivity index (χ0v) is 6.02. The molecule has 0 rings (SSSR count). The Morgan fingerprint density at radius 3 is 2.36 bits per heavy atom. The van der Waals surface area contributed by atoms with Crippen LogP contribution in [0, 0.1) is 0 Å². The van der Waals surface area contributed by atoms with Crippen LogP contribution in [0.2, 0.25) is 0 Å². The molecule has 0 aliphatic heterocycles. The summed E-state index contributed by atoms with van der Waals surface area (Å²) in [5.41, 5.74) is 4.87. The molecular formula is C5H10N2O4. The van der Waals surface area contributed by atoms with Crippen molar-refractivity contribution in [2.24, 2.45) is 5.73 Å². The first-order chi connectivity index (χ1) is 5.00. The molecule has 0 radical (unpaired) electrons. The fraction of sp³-hybridized carbons (Fsp3) is 0.600. The number of hydrogen-bond donors (Lipinski definition) is 3. The van der Waals surface area contributed by atoms with E-state index in [-0.39, 0.29) is 5.06 Å². The van der Waals surface area contributed by atoms with Gasteiger partial charge in [0.15, 0.2) is 6.04 Å². The Morgan fingerprint density at radius 2 is 2.09 bits per heavy atom. The molecule has 6 nitrogen and oxygen atoms in total.